The molecule has 0 aliphatic carbocycles. The monoisotopic (exact) mass is 335 g/mol. The van der Waals surface area contributed by atoms with Crippen LogP contribution >= 0.6 is 0 Å². The van der Waals surface area contributed by atoms with Crippen LogP contribution in [0.3, 0.4) is 0 Å². The van der Waals surface area contributed by atoms with Gasteiger partial charge in [0.2, 0.25) is 10.0 Å². The van der Waals surface area contributed by atoms with Crippen LogP contribution in [0.2, 0.25) is 0 Å². The third-order valence-electron chi connectivity index (χ3n) is 2.76. The Bertz CT molecular complexity index is 789. The lowest BCUT2D eigenvalue weighted by Gasteiger charge is -2.11. The Hall–Kier alpha value is -2.61. The second-order valence-electron chi connectivity index (χ2n) is 4.69. The molecule has 23 heavy (non-hydrogen) atoms. The summed E-state index contributed by atoms with van der Waals surface area (Å²) in [4.78, 5) is 16.1. The van der Waals surface area contributed by atoms with E-state index in [-0.39, 0.29) is 11.4 Å². The number of aromatic nitrogens is 1. The zero-order valence-corrected chi connectivity index (χ0v) is 13.6. The normalized spacial score (nSPS) is 10.9. The van der Waals surface area contributed by atoms with Crippen LogP contribution in [0.5, 0.6) is 5.75 Å². The van der Waals surface area contributed by atoms with Gasteiger partial charge in [0.25, 0.3) is 5.91 Å². The average Bonchev–Trinajstić information content (AvgIpc) is 2.48. The standard InChI is InChI=1S/C15H17N3O4S/c1-3-22-12-8-6-11(7-9-12)17-14-13(5-4-10-16-14)15(19)18-23(2,20)21/h4-10H,3H2,1-2H3,(H,16,17)(H,18,19). The van der Waals surface area contributed by atoms with Crippen LogP contribution in [-0.2, 0) is 10.0 Å². The lowest BCUT2D eigenvalue weighted by Crippen LogP contribution is -2.30. The molecule has 122 valence electrons. The zero-order valence-electron chi connectivity index (χ0n) is 12.7. The van der Waals surface area contributed by atoms with E-state index in [0.29, 0.717) is 12.3 Å². The minimum Gasteiger partial charge on any atom is -0.494 e. The van der Waals surface area contributed by atoms with Gasteiger partial charge in [-0.05, 0) is 43.3 Å². The molecule has 0 aliphatic heterocycles. The lowest BCUT2D eigenvalue weighted by atomic mass is 10.2. The molecular weight excluding hydrogens is 318 g/mol. The van der Waals surface area contributed by atoms with Crippen molar-refractivity contribution in [2.75, 3.05) is 18.2 Å². The first-order valence-corrected chi connectivity index (χ1v) is 8.75. The summed E-state index contributed by atoms with van der Waals surface area (Å²) >= 11 is 0. The molecule has 1 amide bonds. The molecule has 2 N–H and O–H groups in total. The molecule has 1 aromatic carbocycles. The zero-order chi connectivity index (χ0) is 16.9. The number of nitrogens with zero attached hydrogens (tertiary/aromatic N) is 1. The summed E-state index contributed by atoms with van der Waals surface area (Å²) in [6, 6.07) is 10.2. The molecule has 1 aromatic heterocycles. The first-order valence-electron chi connectivity index (χ1n) is 6.86. The van der Waals surface area contributed by atoms with Gasteiger partial charge in [-0.3, -0.25) is 4.79 Å². The molecule has 0 atom stereocenters. The Balaban J connectivity index is 2.21. The molecule has 7 nitrogen and oxygen atoms in total. The van der Waals surface area contributed by atoms with Gasteiger partial charge in [-0.1, -0.05) is 0 Å². The fourth-order valence-corrected chi connectivity index (χ4v) is 2.30. The van der Waals surface area contributed by atoms with Crippen LogP contribution in [0.25, 0.3) is 0 Å². The summed E-state index contributed by atoms with van der Waals surface area (Å²) in [7, 11) is -3.64. The van der Waals surface area contributed by atoms with E-state index < -0.39 is 15.9 Å². The Morgan fingerprint density at radius 3 is 2.52 bits per heavy atom. The fourth-order valence-electron chi connectivity index (χ4n) is 1.85. The summed E-state index contributed by atoms with van der Waals surface area (Å²) in [5, 5.41) is 2.99. The minimum absolute atomic E-state index is 0.131. The molecule has 0 aliphatic rings. The summed E-state index contributed by atoms with van der Waals surface area (Å²) in [5.41, 5.74) is 0.826. The van der Waals surface area contributed by atoms with Crippen molar-refractivity contribution in [3.8, 4) is 5.75 Å². The highest BCUT2D eigenvalue weighted by Gasteiger charge is 2.16. The molecular formula is C15H17N3O4S. The first-order chi connectivity index (χ1) is 10.9. The lowest BCUT2D eigenvalue weighted by molar-refractivity contribution is 0.0982. The van der Waals surface area contributed by atoms with Crippen molar-refractivity contribution in [2.24, 2.45) is 0 Å². The number of ether oxygens (including phenoxy) is 1. The second-order valence-corrected chi connectivity index (χ2v) is 6.43. The van der Waals surface area contributed by atoms with Gasteiger partial charge in [0.05, 0.1) is 18.4 Å². The number of benzene rings is 1. The van der Waals surface area contributed by atoms with Crippen molar-refractivity contribution >= 4 is 27.4 Å². The number of sulfonamides is 1. The highest BCUT2D eigenvalue weighted by Crippen LogP contribution is 2.21. The summed E-state index contributed by atoms with van der Waals surface area (Å²) < 4.78 is 29.7. The molecule has 0 fully saturated rings. The van der Waals surface area contributed by atoms with E-state index >= 15 is 0 Å². The summed E-state index contributed by atoms with van der Waals surface area (Å²) in [5.74, 6) is 0.251. The van der Waals surface area contributed by atoms with Crippen molar-refractivity contribution < 1.29 is 17.9 Å². The Kier molecular flexibility index (Phi) is 5.17. The number of carbonyl (C=O) groups excluding carboxylic acids is 1. The van der Waals surface area contributed by atoms with Crippen molar-refractivity contribution in [1.82, 2.24) is 9.71 Å². The maximum atomic E-state index is 12.0. The highest BCUT2D eigenvalue weighted by molar-refractivity contribution is 7.89. The number of nitrogens with one attached hydrogen (secondary N) is 2. The van der Waals surface area contributed by atoms with Crippen LogP contribution in [0.15, 0.2) is 42.6 Å². The van der Waals surface area contributed by atoms with Crippen LogP contribution in [0.4, 0.5) is 11.5 Å². The maximum Gasteiger partial charge on any atom is 0.268 e. The van der Waals surface area contributed by atoms with Crippen molar-refractivity contribution in [3.05, 3.63) is 48.2 Å². The third kappa shape index (κ3) is 4.96. The van der Waals surface area contributed by atoms with Crippen LogP contribution in [0.1, 0.15) is 17.3 Å². The molecule has 0 saturated heterocycles. The van der Waals surface area contributed by atoms with E-state index in [1.807, 2.05) is 11.6 Å². The smallest absolute Gasteiger partial charge is 0.268 e. The van der Waals surface area contributed by atoms with Gasteiger partial charge in [-0.15, -0.1) is 0 Å². The van der Waals surface area contributed by atoms with Crippen molar-refractivity contribution in [2.45, 2.75) is 6.92 Å². The van der Waals surface area contributed by atoms with Gasteiger partial charge in [0, 0.05) is 11.9 Å². The van der Waals surface area contributed by atoms with Gasteiger partial charge < -0.3 is 10.1 Å². The van der Waals surface area contributed by atoms with E-state index in [9.17, 15) is 13.2 Å². The van der Waals surface area contributed by atoms with Gasteiger partial charge in [-0.2, -0.15) is 0 Å². The molecule has 2 rings (SSSR count). The van der Waals surface area contributed by atoms with Gasteiger partial charge in [0.15, 0.2) is 0 Å². The van der Waals surface area contributed by atoms with E-state index in [2.05, 4.69) is 10.3 Å². The third-order valence-corrected chi connectivity index (χ3v) is 3.31. The molecule has 2 aromatic rings. The number of carbonyl (C=O) groups is 1. The van der Waals surface area contributed by atoms with Crippen LogP contribution in [-0.4, -0.2) is 32.2 Å². The fraction of sp³-hybridized carbons (Fsp3) is 0.200. The van der Waals surface area contributed by atoms with E-state index in [0.717, 1.165) is 12.0 Å². The van der Waals surface area contributed by atoms with E-state index in [1.165, 1.54) is 12.3 Å². The molecule has 0 unspecified atom stereocenters. The van der Waals surface area contributed by atoms with Gasteiger partial charge in [0.1, 0.15) is 11.6 Å². The number of rotatable bonds is 6. The Labute approximate surface area is 134 Å². The van der Waals surface area contributed by atoms with E-state index in [4.69, 9.17) is 4.74 Å². The number of pyridine rings is 1. The number of hydrogen-bond donors (Lipinski definition) is 2. The Morgan fingerprint density at radius 1 is 1.22 bits per heavy atom. The number of amides is 1. The molecule has 8 heteroatoms. The highest BCUT2D eigenvalue weighted by atomic mass is 32.2. The Morgan fingerprint density at radius 2 is 1.91 bits per heavy atom. The van der Waals surface area contributed by atoms with E-state index in [1.54, 1.807) is 30.3 Å². The van der Waals surface area contributed by atoms with Crippen LogP contribution < -0.4 is 14.8 Å². The minimum atomic E-state index is -3.64. The predicted octanol–water partition coefficient (Wildman–Crippen LogP) is 1.91. The SMILES string of the molecule is CCOc1ccc(Nc2ncccc2C(=O)NS(C)(=O)=O)cc1. The van der Waals surface area contributed by atoms with Crippen LogP contribution in [0, 0.1) is 0 Å². The molecule has 0 saturated carbocycles. The van der Waals surface area contributed by atoms with Crippen molar-refractivity contribution in [3.63, 3.8) is 0 Å². The van der Waals surface area contributed by atoms with Gasteiger partial charge in [-0.25, -0.2) is 18.1 Å². The number of anilines is 2. The van der Waals surface area contributed by atoms with Gasteiger partial charge >= 0.3 is 0 Å². The first kappa shape index (κ1) is 16.8. The molecule has 0 spiro atoms. The summed E-state index contributed by atoms with van der Waals surface area (Å²) in [6.45, 7) is 2.47. The average molecular weight is 335 g/mol. The number of hydrogen-bond acceptors (Lipinski definition) is 6. The molecule has 1 heterocycles. The molecule has 0 radical (unpaired) electrons. The molecule has 0 bridgehead atoms. The summed E-state index contributed by atoms with van der Waals surface area (Å²) in [6.07, 6.45) is 2.43. The van der Waals surface area contributed by atoms with Crippen molar-refractivity contribution in [1.29, 1.82) is 0 Å². The largest absolute Gasteiger partial charge is 0.494 e. The quantitative estimate of drug-likeness (QED) is 0.837. The predicted molar refractivity (Wildman–Crippen MR) is 87.4 cm³/mol. The second kappa shape index (κ2) is 7.10. The topological polar surface area (TPSA) is 97.4 Å². The maximum absolute atomic E-state index is 12.0.